The van der Waals surface area contributed by atoms with Crippen molar-refractivity contribution in [2.45, 2.75) is 38.8 Å². The predicted octanol–water partition coefficient (Wildman–Crippen LogP) is 6.46. The van der Waals surface area contributed by atoms with Crippen LogP contribution in [0, 0.1) is 0 Å². The highest BCUT2D eigenvalue weighted by Gasteiger charge is 2.48. The van der Waals surface area contributed by atoms with Gasteiger partial charge in [-0.15, -0.1) is 0 Å². The highest BCUT2D eigenvalue weighted by molar-refractivity contribution is 7.00. The molecule has 1 aromatic heterocycles. The molecule has 1 atom stereocenters. The molecule has 0 radical (unpaired) electrons. The van der Waals surface area contributed by atoms with Crippen LogP contribution >= 0.6 is 11.7 Å². The monoisotopic (exact) mass is 564 g/mol. The van der Waals surface area contributed by atoms with Crippen LogP contribution in [0.3, 0.4) is 0 Å². The number of cyclic esters (lactones) is 1. The van der Waals surface area contributed by atoms with E-state index in [2.05, 4.69) is 8.75 Å². The fourth-order valence-electron chi connectivity index (χ4n) is 4.89. The zero-order valence-corrected chi connectivity index (χ0v) is 23.4. The third kappa shape index (κ3) is 5.57. The average Bonchev–Trinajstić information content (AvgIpc) is 3.54. The second-order valence-electron chi connectivity index (χ2n) is 10.1. The first kappa shape index (κ1) is 26.7. The number of aliphatic hydroxyl groups is 1. The molecule has 41 heavy (non-hydrogen) atoms. The van der Waals surface area contributed by atoms with Crippen LogP contribution in [0.2, 0.25) is 0 Å². The Kier molecular flexibility index (Phi) is 7.26. The Morgan fingerprint density at radius 1 is 0.854 bits per heavy atom. The molecule has 1 unspecified atom stereocenters. The number of nitrogens with zero attached hydrogens (tertiary/aromatic N) is 2. The van der Waals surface area contributed by atoms with Crippen molar-refractivity contribution in [1.29, 1.82) is 0 Å². The Morgan fingerprint density at radius 3 is 2.29 bits per heavy atom. The summed E-state index contributed by atoms with van der Waals surface area (Å²) in [4.78, 5) is 13.4. The van der Waals surface area contributed by atoms with Crippen molar-refractivity contribution < 1.29 is 24.1 Å². The number of carbonyl (C=O) groups is 1. The smallest absolute Gasteiger partial charge is 0.342 e. The molecular weight excluding hydrogens is 536 g/mol. The number of benzene rings is 4. The number of rotatable bonds is 9. The second-order valence-corrected chi connectivity index (χ2v) is 10.7. The van der Waals surface area contributed by atoms with Crippen molar-refractivity contribution in [2.24, 2.45) is 0 Å². The molecule has 0 saturated heterocycles. The molecule has 0 spiro atoms. The summed E-state index contributed by atoms with van der Waals surface area (Å²) in [6.07, 6.45) is 0.277. The molecule has 1 aliphatic rings. The molecule has 0 bridgehead atoms. The first-order valence-electron chi connectivity index (χ1n) is 13.3. The molecule has 8 heteroatoms. The van der Waals surface area contributed by atoms with Crippen LogP contribution in [0.15, 0.2) is 103 Å². The summed E-state index contributed by atoms with van der Waals surface area (Å²) in [6.45, 7) is 4.35. The van der Waals surface area contributed by atoms with E-state index in [1.54, 1.807) is 30.3 Å². The molecule has 0 aliphatic carbocycles. The molecule has 7 nitrogen and oxygen atoms in total. The van der Waals surface area contributed by atoms with Crippen molar-refractivity contribution in [2.75, 3.05) is 0 Å². The lowest BCUT2D eigenvalue weighted by molar-refractivity contribution is -0.185. The Hall–Kier alpha value is -4.53. The maximum atomic E-state index is 13.4. The highest BCUT2D eigenvalue weighted by Crippen LogP contribution is 2.45. The SMILES string of the molecule is CC(C)Oc1ccc(C2(O)OC(=O)C(c3ccc4nsnc4c3)=C2Cc2ccc(OCc3ccccc3)cc2)cc1. The first-order valence-corrected chi connectivity index (χ1v) is 14.1. The number of hydrogen-bond acceptors (Lipinski definition) is 8. The van der Waals surface area contributed by atoms with Crippen LogP contribution in [0.1, 0.15) is 36.1 Å². The maximum Gasteiger partial charge on any atom is 0.342 e. The number of esters is 1. The van der Waals surface area contributed by atoms with Gasteiger partial charge in [0.15, 0.2) is 0 Å². The lowest BCUT2D eigenvalue weighted by Crippen LogP contribution is -2.29. The summed E-state index contributed by atoms with van der Waals surface area (Å²) in [7, 11) is 0. The van der Waals surface area contributed by atoms with E-state index >= 15 is 0 Å². The van der Waals surface area contributed by atoms with Gasteiger partial charge in [0.2, 0.25) is 0 Å². The van der Waals surface area contributed by atoms with Crippen molar-refractivity contribution in [3.8, 4) is 11.5 Å². The van der Waals surface area contributed by atoms with Gasteiger partial charge in [-0.1, -0.05) is 48.5 Å². The average molecular weight is 565 g/mol. The summed E-state index contributed by atoms with van der Waals surface area (Å²) in [6, 6.07) is 30.0. The zero-order valence-electron chi connectivity index (χ0n) is 22.6. The second kappa shape index (κ2) is 11.2. The zero-order chi connectivity index (χ0) is 28.4. The summed E-state index contributed by atoms with van der Waals surface area (Å²) in [5.74, 6) is -1.17. The first-order chi connectivity index (χ1) is 19.9. The van der Waals surface area contributed by atoms with E-state index in [0.29, 0.717) is 40.1 Å². The minimum absolute atomic E-state index is 0.00469. The molecule has 2 heterocycles. The Morgan fingerprint density at radius 2 is 1.56 bits per heavy atom. The van der Waals surface area contributed by atoms with Gasteiger partial charge in [0, 0.05) is 17.6 Å². The van der Waals surface area contributed by atoms with Crippen LogP contribution in [0.25, 0.3) is 16.6 Å². The Labute approximate surface area is 242 Å². The van der Waals surface area contributed by atoms with Crippen molar-refractivity contribution in [3.63, 3.8) is 0 Å². The molecule has 0 amide bonds. The van der Waals surface area contributed by atoms with Crippen LogP contribution in [0.5, 0.6) is 11.5 Å². The number of carbonyl (C=O) groups excluding carboxylic acids is 1. The quantitative estimate of drug-likeness (QED) is 0.206. The number of ether oxygens (including phenoxy) is 3. The van der Waals surface area contributed by atoms with Crippen LogP contribution < -0.4 is 9.47 Å². The van der Waals surface area contributed by atoms with E-state index in [9.17, 15) is 9.90 Å². The van der Waals surface area contributed by atoms with E-state index in [1.165, 1.54) is 0 Å². The molecule has 4 aromatic carbocycles. The lowest BCUT2D eigenvalue weighted by atomic mass is 9.88. The normalized spacial score (nSPS) is 16.8. The van der Waals surface area contributed by atoms with E-state index < -0.39 is 11.8 Å². The predicted molar refractivity (Wildman–Crippen MR) is 157 cm³/mol. The van der Waals surface area contributed by atoms with Gasteiger partial charge in [0.05, 0.1) is 23.4 Å². The van der Waals surface area contributed by atoms with E-state index in [4.69, 9.17) is 14.2 Å². The lowest BCUT2D eigenvalue weighted by Gasteiger charge is -2.26. The van der Waals surface area contributed by atoms with E-state index in [0.717, 1.165) is 34.1 Å². The van der Waals surface area contributed by atoms with Crippen LogP contribution in [-0.4, -0.2) is 25.9 Å². The number of hydrogen-bond donors (Lipinski definition) is 1. The fourth-order valence-corrected chi connectivity index (χ4v) is 5.41. The van der Waals surface area contributed by atoms with Gasteiger partial charge < -0.3 is 19.3 Å². The molecule has 5 aromatic rings. The van der Waals surface area contributed by atoms with Gasteiger partial charge in [-0.3, -0.25) is 0 Å². The summed E-state index contributed by atoms with van der Waals surface area (Å²) in [5, 5.41) is 12.0. The number of aromatic nitrogens is 2. The highest BCUT2D eigenvalue weighted by atomic mass is 32.1. The Bertz CT molecular complexity index is 1710. The van der Waals surface area contributed by atoms with Crippen LogP contribution in [-0.2, 0) is 28.3 Å². The Balaban J connectivity index is 1.35. The maximum absolute atomic E-state index is 13.4. The molecule has 1 N–H and O–H groups in total. The molecule has 6 rings (SSSR count). The summed E-state index contributed by atoms with van der Waals surface area (Å²) in [5.41, 5.74) is 5.20. The molecule has 0 fully saturated rings. The fraction of sp³-hybridized carbons (Fsp3) is 0.182. The molecule has 206 valence electrons. The van der Waals surface area contributed by atoms with Crippen molar-refractivity contribution >= 4 is 34.3 Å². The standard InChI is InChI=1S/C33H28N2O5S/c1-21(2)39-27-15-11-25(12-16-27)33(37)28(31(32(36)40-33)24-10-17-29-30(19-24)35-41-34-29)18-22-8-13-26(14-9-22)38-20-23-6-4-3-5-7-23/h3-17,19,21,37H,18,20H2,1-2H3. The minimum atomic E-state index is -1.96. The third-order valence-electron chi connectivity index (χ3n) is 6.87. The summed E-state index contributed by atoms with van der Waals surface area (Å²) < 4.78 is 26.1. The van der Waals surface area contributed by atoms with Gasteiger partial charge in [-0.05, 0) is 79.1 Å². The molecule has 0 saturated carbocycles. The van der Waals surface area contributed by atoms with Gasteiger partial charge >= 0.3 is 5.97 Å². The van der Waals surface area contributed by atoms with Crippen molar-refractivity contribution in [3.05, 3.63) is 125 Å². The van der Waals surface area contributed by atoms with Crippen molar-refractivity contribution in [1.82, 2.24) is 8.75 Å². The third-order valence-corrected chi connectivity index (χ3v) is 7.42. The van der Waals surface area contributed by atoms with Gasteiger partial charge in [0.1, 0.15) is 29.1 Å². The summed E-state index contributed by atoms with van der Waals surface area (Å²) >= 11 is 1.11. The minimum Gasteiger partial charge on any atom is -0.491 e. The van der Waals surface area contributed by atoms with Crippen LogP contribution in [0.4, 0.5) is 0 Å². The van der Waals surface area contributed by atoms with E-state index in [1.807, 2.05) is 80.6 Å². The van der Waals surface area contributed by atoms with Gasteiger partial charge in [-0.2, -0.15) is 8.75 Å². The molecule has 1 aliphatic heterocycles. The number of fused-ring (bicyclic) bond motifs is 1. The van der Waals surface area contributed by atoms with E-state index in [-0.39, 0.29) is 12.5 Å². The van der Waals surface area contributed by atoms with Gasteiger partial charge in [-0.25, -0.2) is 4.79 Å². The topological polar surface area (TPSA) is 90.8 Å². The molecular formula is C33H28N2O5S. The largest absolute Gasteiger partial charge is 0.491 e. The van der Waals surface area contributed by atoms with Gasteiger partial charge in [0.25, 0.3) is 5.79 Å².